The summed E-state index contributed by atoms with van der Waals surface area (Å²) in [4.78, 5) is 31.6. The lowest BCUT2D eigenvalue weighted by Gasteiger charge is -2.04. The molecular weight excluding hydrogens is 432 g/mol. The number of rotatable bonds is 5. The lowest BCUT2D eigenvalue weighted by atomic mass is 10.1. The minimum atomic E-state index is -0.463. The molecule has 0 aliphatic heterocycles. The Morgan fingerprint density at radius 2 is 1.94 bits per heavy atom. The smallest absolute Gasteiger partial charge is 0.279 e. The summed E-state index contributed by atoms with van der Waals surface area (Å²) < 4.78 is 7.29. The highest BCUT2D eigenvalue weighted by Gasteiger charge is 2.18. The first-order chi connectivity index (χ1) is 15.5. The third-order valence-corrected chi connectivity index (χ3v) is 5.79. The van der Waals surface area contributed by atoms with E-state index in [1.54, 1.807) is 42.7 Å². The number of nitro groups is 1. The van der Waals surface area contributed by atoms with Crippen LogP contribution in [0.15, 0.2) is 70.1 Å². The molecule has 0 saturated heterocycles. The quantitative estimate of drug-likeness (QED) is 0.319. The van der Waals surface area contributed by atoms with E-state index < -0.39 is 10.5 Å². The first-order valence-corrected chi connectivity index (χ1v) is 10.2. The van der Waals surface area contributed by atoms with Crippen LogP contribution in [-0.2, 0) is 6.42 Å². The molecule has 1 aromatic carbocycles. The van der Waals surface area contributed by atoms with Crippen molar-refractivity contribution in [3.05, 3.63) is 92.7 Å². The number of aromatic nitrogens is 4. The third kappa shape index (κ3) is 3.50. The molecule has 0 aliphatic carbocycles. The number of nitrogen functional groups attached to an aromatic ring is 1. The van der Waals surface area contributed by atoms with Crippen molar-refractivity contribution in [3.63, 3.8) is 0 Å². The number of benzene rings is 1. The van der Waals surface area contributed by atoms with E-state index in [9.17, 15) is 14.9 Å². The summed E-state index contributed by atoms with van der Waals surface area (Å²) in [5.74, 6) is 1.22. The van der Waals surface area contributed by atoms with Gasteiger partial charge in [-0.2, -0.15) is 14.6 Å². The van der Waals surface area contributed by atoms with E-state index in [2.05, 4.69) is 15.1 Å². The zero-order valence-electron chi connectivity index (χ0n) is 16.3. The lowest BCUT2D eigenvalue weighted by molar-refractivity contribution is -0.384. The van der Waals surface area contributed by atoms with Gasteiger partial charge in [-0.15, -0.1) is 0 Å². The van der Waals surface area contributed by atoms with Crippen molar-refractivity contribution in [3.8, 4) is 21.9 Å². The van der Waals surface area contributed by atoms with E-state index in [4.69, 9.17) is 10.2 Å². The highest BCUT2D eigenvalue weighted by molar-refractivity contribution is 7.19. The van der Waals surface area contributed by atoms with Gasteiger partial charge in [-0.1, -0.05) is 11.3 Å². The van der Waals surface area contributed by atoms with Crippen LogP contribution in [0.2, 0.25) is 0 Å². The molecule has 0 bridgehead atoms. The SMILES string of the molecule is Nc1c(Cc2ccc(-c3ccc([N+](=O)[O-])cc3)o2)c(=O)nc2sc(-c3cccnc3)nn12. The molecule has 4 aromatic heterocycles. The van der Waals surface area contributed by atoms with Crippen LogP contribution in [0.3, 0.4) is 0 Å². The molecule has 2 N–H and O–H groups in total. The zero-order chi connectivity index (χ0) is 22.2. The Bertz CT molecular complexity index is 1510. The van der Waals surface area contributed by atoms with Gasteiger partial charge in [0.05, 0.1) is 10.5 Å². The van der Waals surface area contributed by atoms with Crippen LogP contribution in [0.4, 0.5) is 11.5 Å². The molecule has 5 aromatic rings. The van der Waals surface area contributed by atoms with E-state index >= 15 is 0 Å². The Balaban J connectivity index is 1.47. The first-order valence-electron chi connectivity index (χ1n) is 9.42. The summed E-state index contributed by atoms with van der Waals surface area (Å²) in [5, 5.41) is 16.0. The van der Waals surface area contributed by atoms with Crippen molar-refractivity contribution in [1.82, 2.24) is 19.6 Å². The average molecular weight is 446 g/mol. The molecule has 32 heavy (non-hydrogen) atoms. The Labute approximate surface area is 183 Å². The Morgan fingerprint density at radius 3 is 2.66 bits per heavy atom. The maximum Gasteiger partial charge on any atom is 0.279 e. The molecule has 0 spiro atoms. The molecule has 158 valence electrons. The van der Waals surface area contributed by atoms with Crippen molar-refractivity contribution in [2.45, 2.75) is 6.42 Å². The minimum Gasteiger partial charge on any atom is -0.461 e. The van der Waals surface area contributed by atoms with E-state index in [0.29, 0.717) is 27.1 Å². The van der Waals surface area contributed by atoms with Gasteiger partial charge in [0.1, 0.15) is 22.3 Å². The van der Waals surface area contributed by atoms with Gasteiger partial charge in [0.2, 0.25) is 4.96 Å². The zero-order valence-corrected chi connectivity index (χ0v) is 17.2. The summed E-state index contributed by atoms with van der Waals surface area (Å²) in [5.41, 5.74) is 7.57. The summed E-state index contributed by atoms with van der Waals surface area (Å²) >= 11 is 1.25. The Morgan fingerprint density at radius 1 is 1.12 bits per heavy atom. The Kier molecular flexibility index (Phi) is 4.71. The van der Waals surface area contributed by atoms with Gasteiger partial charge in [-0.3, -0.25) is 19.9 Å². The predicted molar refractivity (Wildman–Crippen MR) is 118 cm³/mol. The van der Waals surface area contributed by atoms with Gasteiger partial charge in [-0.25, -0.2) is 0 Å². The summed E-state index contributed by atoms with van der Waals surface area (Å²) in [7, 11) is 0. The number of nitrogens with zero attached hydrogens (tertiary/aromatic N) is 5. The number of pyridine rings is 1. The van der Waals surface area contributed by atoms with E-state index in [0.717, 1.165) is 5.56 Å². The average Bonchev–Trinajstić information content (AvgIpc) is 3.45. The fourth-order valence-corrected chi connectivity index (χ4v) is 4.11. The molecule has 11 heteroatoms. The van der Waals surface area contributed by atoms with Crippen LogP contribution in [0, 0.1) is 10.1 Å². The normalized spacial score (nSPS) is 11.1. The molecule has 0 fully saturated rings. The molecule has 0 radical (unpaired) electrons. The number of nitrogens with two attached hydrogens (primary N) is 1. The third-order valence-electron chi connectivity index (χ3n) is 4.84. The van der Waals surface area contributed by atoms with Crippen molar-refractivity contribution < 1.29 is 9.34 Å². The van der Waals surface area contributed by atoms with Gasteiger partial charge in [0.15, 0.2) is 0 Å². The molecule has 10 nitrogen and oxygen atoms in total. The maximum atomic E-state index is 12.6. The van der Waals surface area contributed by atoms with Crippen LogP contribution in [-0.4, -0.2) is 24.5 Å². The number of non-ortho nitro benzene ring substituents is 1. The number of furan rings is 1. The Hall–Kier alpha value is -4.38. The highest BCUT2D eigenvalue weighted by Crippen LogP contribution is 2.28. The van der Waals surface area contributed by atoms with Gasteiger partial charge in [-0.05, 0) is 36.4 Å². The predicted octanol–water partition coefficient (Wildman–Crippen LogP) is 3.55. The van der Waals surface area contributed by atoms with Crippen LogP contribution in [0.1, 0.15) is 11.3 Å². The molecule has 4 heterocycles. The molecular formula is C21H14N6O4S. The molecule has 0 aliphatic rings. The second kappa shape index (κ2) is 7.71. The number of hydrogen-bond acceptors (Lipinski definition) is 9. The fraction of sp³-hybridized carbons (Fsp3) is 0.0476. The minimum absolute atomic E-state index is 0.00498. The van der Waals surface area contributed by atoms with Crippen LogP contribution < -0.4 is 11.3 Å². The molecule has 5 rings (SSSR count). The molecule has 0 saturated carbocycles. The second-order valence-electron chi connectivity index (χ2n) is 6.87. The topological polar surface area (TPSA) is 142 Å². The van der Waals surface area contributed by atoms with E-state index in [1.807, 2.05) is 6.07 Å². The number of nitro benzene ring substituents is 1. The van der Waals surface area contributed by atoms with Gasteiger partial charge in [0.25, 0.3) is 11.2 Å². The standard InChI is InChI=1S/C21H14N6O4S/c22-18-16(10-15-7-8-17(31-15)12-3-5-14(6-4-12)27(29)30)19(28)24-21-26(18)25-20(32-21)13-2-1-9-23-11-13/h1-9,11H,10,22H2. The van der Waals surface area contributed by atoms with E-state index in [1.165, 1.54) is 28.0 Å². The van der Waals surface area contributed by atoms with Crippen LogP contribution in [0.25, 0.3) is 26.9 Å². The number of hydrogen-bond donors (Lipinski definition) is 1. The van der Waals surface area contributed by atoms with Crippen molar-refractivity contribution in [2.75, 3.05) is 5.73 Å². The van der Waals surface area contributed by atoms with Crippen LogP contribution >= 0.6 is 11.3 Å². The summed E-state index contributed by atoms with van der Waals surface area (Å²) in [6.45, 7) is 0. The van der Waals surface area contributed by atoms with Gasteiger partial charge >= 0.3 is 0 Å². The largest absolute Gasteiger partial charge is 0.461 e. The lowest BCUT2D eigenvalue weighted by Crippen LogP contribution is -2.19. The van der Waals surface area contributed by atoms with Gasteiger partial charge < -0.3 is 10.2 Å². The van der Waals surface area contributed by atoms with Crippen LogP contribution in [0.5, 0.6) is 0 Å². The van der Waals surface area contributed by atoms with E-state index in [-0.39, 0.29) is 23.5 Å². The highest BCUT2D eigenvalue weighted by atomic mass is 32.1. The summed E-state index contributed by atoms with van der Waals surface area (Å²) in [6, 6.07) is 13.1. The second-order valence-corrected chi connectivity index (χ2v) is 7.83. The summed E-state index contributed by atoms with van der Waals surface area (Å²) in [6.07, 6.45) is 3.47. The fourth-order valence-electron chi connectivity index (χ4n) is 3.22. The van der Waals surface area contributed by atoms with Crippen molar-refractivity contribution in [1.29, 1.82) is 0 Å². The maximum absolute atomic E-state index is 12.6. The monoisotopic (exact) mass is 446 g/mol. The number of fused-ring (bicyclic) bond motifs is 1. The molecule has 0 unspecified atom stereocenters. The first kappa shape index (κ1) is 19.6. The van der Waals surface area contributed by atoms with Crippen molar-refractivity contribution >= 4 is 27.8 Å². The number of anilines is 1. The molecule has 0 amide bonds. The van der Waals surface area contributed by atoms with Crippen molar-refractivity contribution in [2.24, 2.45) is 0 Å². The molecule has 0 atom stereocenters. The van der Waals surface area contributed by atoms with Gasteiger partial charge in [0, 0.05) is 42.1 Å².